The number of aromatic hydroxyl groups is 1. The second-order valence-corrected chi connectivity index (χ2v) is 5.39. The van der Waals surface area contributed by atoms with E-state index in [1.54, 1.807) is 25.3 Å². The van der Waals surface area contributed by atoms with Gasteiger partial charge in [0.05, 0.1) is 7.11 Å². The molecule has 0 aromatic heterocycles. The highest BCUT2D eigenvalue weighted by Gasteiger charge is 2.18. The predicted octanol–water partition coefficient (Wildman–Crippen LogP) is 3.26. The first kappa shape index (κ1) is 20.3. The number of ether oxygens (including phenoxy) is 5. The van der Waals surface area contributed by atoms with Crippen molar-refractivity contribution < 1.29 is 33.6 Å². The van der Waals surface area contributed by atoms with E-state index < -0.39 is 5.78 Å². The summed E-state index contributed by atoms with van der Waals surface area (Å²) in [5.41, 5.74) is 0.824. The second-order valence-electron chi connectivity index (χ2n) is 5.39. The van der Waals surface area contributed by atoms with Gasteiger partial charge in [-0.25, -0.2) is 0 Å². The van der Waals surface area contributed by atoms with Crippen LogP contribution < -0.4 is 14.2 Å². The number of phenols is 1. The summed E-state index contributed by atoms with van der Waals surface area (Å²) in [6.45, 7) is -0.0938. The number of hydrogen-bond acceptors (Lipinski definition) is 7. The van der Waals surface area contributed by atoms with Gasteiger partial charge in [0.1, 0.15) is 28.6 Å². The van der Waals surface area contributed by atoms with E-state index in [1.807, 2.05) is 12.1 Å². The summed E-state index contributed by atoms with van der Waals surface area (Å²) in [5, 5.41) is 10.3. The standard InChI is InChI=1S/C20H22O7/c1-23-12-26-16-10-18(22)20(19(11-16)27-13-24-2)17(21)9-6-14-4-7-15(25-3)8-5-14/h4-11,22H,12-13H2,1-3H3. The minimum absolute atomic E-state index is 0.00613. The van der Waals surface area contributed by atoms with Crippen LogP contribution in [0.25, 0.3) is 6.08 Å². The first-order valence-electron chi connectivity index (χ1n) is 8.06. The van der Waals surface area contributed by atoms with Crippen molar-refractivity contribution in [2.75, 3.05) is 34.9 Å². The van der Waals surface area contributed by atoms with Crippen molar-refractivity contribution in [3.63, 3.8) is 0 Å². The number of carbonyl (C=O) groups is 1. The fraction of sp³-hybridized carbons (Fsp3) is 0.250. The van der Waals surface area contributed by atoms with Gasteiger partial charge in [0.25, 0.3) is 0 Å². The normalized spacial score (nSPS) is 10.8. The van der Waals surface area contributed by atoms with Gasteiger partial charge in [-0.1, -0.05) is 18.2 Å². The van der Waals surface area contributed by atoms with Crippen LogP contribution in [0.15, 0.2) is 42.5 Å². The molecule has 2 aromatic rings. The number of methoxy groups -OCH3 is 3. The topological polar surface area (TPSA) is 83.5 Å². The van der Waals surface area contributed by atoms with Crippen molar-refractivity contribution in [2.45, 2.75) is 0 Å². The zero-order chi connectivity index (χ0) is 19.6. The maximum Gasteiger partial charge on any atom is 0.193 e. The number of ketones is 1. The van der Waals surface area contributed by atoms with E-state index in [0.717, 1.165) is 11.3 Å². The van der Waals surface area contributed by atoms with Gasteiger partial charge in [-0.05, 0) is 23.8 Å². The van der Waals surface area contributed by atoms with Gasteiger partial charge in [0.2, 0.25) is 0 Å². The zero-order valence-electron chi connectivity index (χ0n) is 15.4. The first-order chi connectivity index (χ1) is 13.1. The fourth-order valence-corrected chi connectivity index (χ4v) is 2.24. The summed E-state index contributed by atoms with van der Waals surface area (Å²) in [6.07, 6.45) is 2.99. The van der Waals surface area contributed by atoms with Crippen LogP contribution in [-0.2, 0) is 9.47 Å². The van der Waals surface area contributed by atoms with Gasteiger partial charge in [0.15, 0.2) is 19.4 Å². The summed E-state index contributed by atoms with van der Waals surface area (Å²) >= 11 is 0. The molecular weight excluding hydrogens is 352 g/mol. The smallest absolute Gasteiger partial charge is 0.193 e. The van der Waals surface area contributed by atoms with Crippen molar-refractivity contribution >= 4 is 11.9 Å². The molecule has 0 aliphatic carbocycles. The minimum atomic E-state index is -0.423. The Hall–Kier alpha value is -3.03. The Kier molecular flexibility index (Phi) is 7.66. The van der Waals surface area contributed by atoms with Crippen LogP contribution in [0.3, 0.4) is 0 Å². The SMILES string of the molecule is COCOc1cc(O)c(C(=O)C=Cc2ccc(OC)cc2)c(OCOC)c1. The van der Waals surface area contributed by atoms with E-state index in [-0.39, 0.29) is 30.6 Å². The third-order valence-corrected chi connectivity index (χ3v) is 3.52. The van der Waals surface area contributed by atoms with Gasteiger partial charge in [-0.2, -0.15) is 0 Å². The molecule has 0 heterocycles. The summed E-state index contributed by atoms with van der Waals surface area (Å²) in [4.78, 5) is 12.6. The number of allylic oxidation sites excluding steroid dienone is 1. The molecular formula is C20H22O7. The van der Waals surface area contributed by atoms with Crippen molar-refractivity contribution in [3.05, 3.63) is 53.6 Å². The second kappa shape index (κ2) is 10.2. The van der Waals surface area contributed by atoms with Crippen molar-refractivity contribution in [2.24, 2.45) is 0 Å². The third kappa shape index (κ3) is 5.73. The highest BCUT2D eigenvalue weighted by molar-refractivity contribution is 6.10. The lowest BCUT2D eigenvalue weighted by Gasteiger charge is -2.13. The Balaban J connectivity index is 2.27. The molecule has 0 saturated carbocycles. The molecule has 0 atom stereocenters. The molecule has 0 saturated heterocycles. The van der Waals surface area contributed by atoms with E-state index in [4.69, 9.17) is 23.7 Å². The quantitative estimate of drug-likeness (QED) is 0.388. The molecule has 0 radical (unpaired) electrons. The first-order valence-corrected chi connectivity index (χ1v) is 8.06. The van der Waals surface area contributed by atoms with Gasteiger partial charge in [-0.3, -0.25) is 4.79 Å². The summed E-state index contributed by atoms with van der Waals surface area (Å²) < 4.78 is 25.5. The third-order valence-electron chi connectivity index (χ3n) is 3.52. The van der Waals surface area contributed by atoms with Crippen molar-refractivity contribution in [1.82, 2.24) is 0 Å². The van der Waals surface area contributed by atoms with Crippen LogP contribution in [-0.4, -0.2) is 45.8 Å². The molecule has 0 aliphatic rings. The molecule has 0 amide bonds. The van der Waals surface area contributed by atoms with Crippen LogP contribution in [0, 0.1) is 0 Å². The largest absolute Gasteiger partial charge is 0.507 e. The maximum atomic E-state index is 12.6. The summed E-state index contributed by atoms with van der Waals surface area (Å²) in [6, 6.07) is 10.0. The van der Waals surface area contributed by atoms with Gasteiger partial charge < -0.3 is 28.8 Å². The summed E-state index contributed by atoms with van der Waals surface area (Å²) in [5.74, 6) is 0.480. The van der Waals surface area contributed by atoms with Crippen LogP contribution in [0.5, 0.6) is 23.0 Å². The molecule has 7 heteroatoms. The maximum absolute atomic E-state index is 12.6. The highest BCUT2D eigenvalue weighted by Crippen LogP contribution is 2.34. The molecule has 7 nitrogen and oxygen atoms in total. The van der Waals surface area contributed by atoms with Gasteiger partial charge in [0, 0.05) is 26.4 Å². The molecule has 2 rings (SSSR count). The predicted molar refractivity (Wildman–Crippen MR) is 99.5 cm³/mol. The van der Waals surface area contributed by atoms with Crippen LogP contribution in [0.4, 0.5) is 0 Å². The Morgan fingerprint density at radius 1 is 0.963 bits per heavy atom. The van der Waals surface area contributed by atoms with Crippen LogP contribution in [0.2, 0.25) is 0 Å². The van der Waals surface area contributed by atoms with Crippen molar-refractivity contribution in [3.8, 4) is 23.0 Å². The number of phenolic OH excluding ortho intramolecular Hbond substituents is 1. The number of carbonyl (C=O) groups excluding carboxylic acids is 1. The minimum Gasteiger partial charge on any atom is -0.507 e. The molecule has 0 fully saturated rings. The van der Waals surface area contributed by atoms with E-state index >= 15 is 0 Å². The lowest BCUT2D eigenvalue weighted by atomic mass is 10.1. The monoisotopic (exact) mass is 374 g/mol. The van der Waals surface area contributed by atoms with E-state index in [2.05, 4.69) is 0 Å². The number of rotatable bonds is 10. The Morgan fingerprint density at radius 2 is 1.63 bits per heavy atom. The molecule has 27 heavy (non-hydrogen) atoms. The zero-order valence-corrected chi connectivity index (χ0v) is 15.4. The molecule has 144 valence electrons. The van der Waals surface area contributed by atoms with Crippen molar-refractivity contribution in [1.29, 1.82) is 0 Å². The average molecular weight is 374 g/mol. The summed E-state index contributed by atoms with van der Waals surface area (Å²) in [7, 11) is 4.51. The fourth-order valence-electron chi connectivity index (χ4n) is 2.24. The molecule has 1 N–H and O–H groups in total. The van der Waals surface area contributed by atoms with E-state index in [1.165, 1.54) is 32.4 Å². The lowest BCUT2D eigenvalue weighted by Crippen LogP contribution is -2.06. The van der Waals surface area contributed by atoms with Gasteiger partial charge in [-0.15, -0.1) is 0 Å². The van der Waals surface area contributed by atoms with E-state index in [0.29, 0.717) is 5.75 Å². The number of benzene rings is 2. The Labute approximate surface area is 157 Å². The molecule has 0 bridgehead atoms. The van der Waals surface area contributed by atoms with Crippen LogP contribution >= 0.6 is 0 Å². The Morgan fingerprint density at radius 3 is 2.26 bits per heavy atom. The lowest BCUT2D eigenvalue weighted by molar-refractivity contribution is 0.0453. The number of hydrogen-bond donors (Lipinski definition) is 1. The highest BCUT2D eigenvalue weighted by atomic mass is 16.7. The molecule has 0 spiro atoms. The molecule has 2 aromatic carbocycles. The van der Waals surface area contributed by atoms with Crippen LogP contribution in [0.1, 0.15) is 15.9 Å². The molecule has 0 aliphatic heterocycles. The molecule has 0 unspecified atom stereocenters. The van der Waals surface area contributed by atoms with E-state index in [9.17, 15) is 9.90 Å². The Bertz CT molecular complexity index is 782. The average Bonchev–Trinajstić information content (AvgIpc) is 2.69. The van der Waals surface area contributed by atoms with Gasteiger partial charge >= 0.3 is 0 Å².